The predicted molar refractivity (Wildman–Crippen MR) is 75.0 cm³/mol. The van der Waals surface area contributed by atoms with E-state index in [1.54, 1.807) is 0 Å². The first-order chi connectivity index (χ1) is 8.79. The second-order valence-corrected chi connectivity index (χ2v) is 4.54. The fourth-order valence-corrected chi connectivity index (χ4v) is 1.60. The van der Waals surface area contributed by atoms with Gasteiger partial charge in [-0.15, -0.1) is 0 Å². The van der Waals surface area contributed by atoms with Crippen LogP contribution in [0.1, 0.15) is 40.2 Å². The Balaban J connectivity index is 0.000000191. The Hall–Kier alpha value is -1.91. The molecule has 5 nitrogen and oxygen atoms in total. The minimum atomic E-state index is 0.792. The monoisotopic (exact) mass is 259 g/mol. The van der Waals surface area contributed by atoms with Crippen molar-refractivity contribution in [3.63, 3.8) is 0 Å². The van der Waals surface area contributed by atoms with Crippen LogP contribution in [0, 0.1) is 48.5 Å². The highest BCUT2D eigenvalue weighted by atomic mass is 15.0. The molecule has 0 aliphatic carbocycles. The molecular weight excluding hydrogens is 238 g/mol. The van der Waals surface area contributed by atoms with E-state index >= 15 is 0 Å². The molecule has 0 aromatic carbocycles. The van der Waals surface area contributed by atoms with E-state index in [9.17, 15) is 0 Å². The maximum atomic E-state index is 4.31. The summed E-state index contributed by atoms with van der Waals surface area (Å²) in [6, 6.07) is 0. The van der Waals surface area contributed by atoms with E-state index in [0.29, 0.717) is 0 Å². The van der Waals surface area contributed by atoms with Crippen LogP contribution in [0.15, 0.2) is 0 Å². The molecule has 2 aromatic rings. The van der Waals surface area contributed by atoms with Crippen molar-refractivity contribution in [2.45, 2.75) is 48.5 Å². The van der Waals surface area contributed by atoms with Crippen LogP contribution >= 0.6 is 0 Å². The van der Waals surface area contributed by atoms with Gasteiger partial charge in [0, 0.05) is 0 Å². The lowest BCUT2D eigenvalue weighted by Crippen LogP contribution is -1.97. The SMILES string of the molecule is Cc1nc(C)c(C)nc1C.Cc1nc(C)nc(C)n1. The van der Waals surface area contributed by atoms with Gasteiger partial charge in [0.15, 0.2) is 0 Å². The number of nitrogens with zero attached hydrogens (tertiary/aromatic N) is 5. The van der Waals surface area contributed by atoms with Gasteiger partial charge in [-0.2, -0.15) is 0 Å². The van der Waals surface area contributed by atoms with Crippen LogP contribution in [0.25, 0.3) is 0 Å². The molecule has 102 valence electrons. The molecule has 0 atom stereocenters. The quantitative estimate of drug-likeness (QED) is 0.727. The Morgan fingerprint density at radius 3 is 0.789 bits per heavy atom. The van der Waals surface area contributed by atoms with Crippen LogP contribution in [-0.2, 0) is 0 Å². The van der Waals surface area contributed by atoms with Crippen molar-refractivity contribution in [3.05, 3.63) is 40.2 Å². The third-order valence-corrected chi connectivity index (χ3v) is 2.69. The zero-order valence-corrected chi connectivity index (χ0v) is 12.7. The summed E-state index contributed by atoms with van der Waals surface area (Å²) in [5, 5.41) is 0. The lowest BCUT2D eigenvalue weighted by molar-refractivity contribution is 0.875. The van der Waals surface area contributed by atoms with Crippen molar-refractivity contribution in [1.29, 1.82) is 0 Å². The fraction of sp³-hybridized carbons (Fsp3) is 0.500. The van der Waals surface area contributed by atoms with Crippen LogP contribution in [-0.4, -0.2) is 24.9 Å². The van der Waals surface area contributed by atoms with Gasteiger partial charge in [-0.25, -0.2) is 15.0 Å². The van der Waals surface area contributed by atoms with Crippen molar-refractivity contribution in [3.8, 4) is 0 Å². The third-order valence-electron chi connectivity index (χ3n) is 2.69. The van der Waals surface area contributed by atoms with E-state index in [2.05, 4.69) is 24.9 Å². The second-order valence-electron chi connectivity index (χ2n) is 4.54. The van der Waals surface area contributed by atoms with E-state index < -0.39 is 0 Å². The zero-order valence-electron chi connectivity index (χ0n) is 12.7. The first-order valence-electron chi connectivity index (χ1n) is 6.24. The Bertz CT molecular complexity index is 478. The lowest BCUT2D eigenvalue weighted by atomic mass is 10.3. The van der Waals surface area contributed by atoms with Gasteiger partial charge in [-0.3, -0.25) is 9.97 Å². The van der Waals surface area contributed by atoms with Gasteiger partial charge in [0.1, 0.15) is 17.5 Å². The molecule has 0 fully saturated rings. The van der Waals surface area contributed by atoms with Crippen molar-refractivity contribution in [2.24, 2.45) is 0 Å². The highest BCUT2D eigenvalue weighted by molar-refractivity contribution is 5.16. The Morgan fingerprint density at radius 1 is 0.368 bits per heavy atom. The molecule has 0 aliphatic rings. The first-order valence-corrected chi connectivity index (χ1v) is 6.24. The maximum Gasteiger partial charge on any atom is 0.129 e. The van der Waals surface area contributed by atoms with Gasteiger partial charge in [0.25, 0.3) is 0 Å². The minimum Gasteiger partial charge on any atom is -0.255 e. The molecule has 2 rings (SSSR count). The van der Waals surface area contributed by atoms with E-state index in [1.807, 2.05) is 48.5 Å². The molecule has 0 bridgehead atoms. The molecule has 2 heterocycles. The number of hydrogen-bond donors (Lipinski definition) is 0. The van der Waals surface area contributed by atoms with Gasteiger partial charge in [-0.1, -0.05) is 0 Å². The predicted octanol–water partition coefficient (Wildman–Crippen LogP) is 2.51. The molecule has 0 radical (unpaired) electrons. The zero-order chi connectivity index (χ0) is 14.6. The average molecular weight is 259 g/mol. The molecule has 0 unspecified atom stereocenters. The summed E-state index contributed by atoms with van der Waals surface area (Å²) in [6.07, 6.45) is 0. The van der Waals surface area contributed by atoms with E-state index in [4.69, 9.17) is 0 Å². The summed E-state index contributed by atoms with van der Waals surface area (Å²) in [4.78, 5) is 20.7. The summed E-state index contributed by atoms with van der Waals surface area (Å²) in [7, 11) is 0. The Morgan fingerprint density at radius 2 is 0.579 bits per heavy atom. The fourth-order valence-electron chi connectivity index (χ4n) is 1.60. The normalized spacial score (nSPS) is 9.84. The Kier molecular flexibility index (Phi) is 5.03. The lowest BCUT2D eigenvalue weighted by Gasteiger charge is -2.01. The van der Waals surface area contributed by atoms with Crippen molar-refractivity contribution in [1.82, 2.24) is 24.9 Å². The topological polar surface area (TPSA) is 64.5 Å². The van der Waals surface area contributed by atoms with Gasteiger partial charge < -0.3 is 0 Å². The molecule has 19 heavy (non-hydrogen) atoms. The molecule has 2 aromatic heterocycles. The summed E-state index contributed by atoms with van der Waals surface area (Å²) < 4.78 is 0. The van der Waals surface area contributed by atoms with E-state index in [-0.39, 0.29) is 0 Å². The number of hydrogen-bond acceptors (Lipinski definition) is 5. The van der Waals surface area contributed by atoms with Crippen LogP contribution in [0.4, 0.5) is 0 Å². The number of aromatic nitrogens is 5. The molecule has 5 heteroatoms. The van der Waals surface area contributed by atoms with Gasteiger partial charge >= 0.3 is 0 Å². The minimum absolute atomic E-state index is 0.792. The molecule has 0 amide bonds. The summed E-state index contributed by atoms with van der Waals surface area (Å²) in [5.41, 5.74) is 4.12. The van der Waals surface area contributed by atoms with Crippen LogP contribution < -0.4 is 0 Å². The first kappa shape index (κ1) is 15.1. The summed E-state index contributed by atoms with van der Waals surface area (Å²) in [6.45, 7) is 13.5. The van der Waals surface area contributed by atoms with Crippen LogP contribution in [0.3, 0.4) is 0 Å². The highest BCUT2D eigenvalue weighted by Gasteiger charge is 1.98. The second kappa shape index (κ2) is 6.31. The largest absolute Gasteiger partial charge is 0.255 e. The van der Waals surface area contributed by atoms with Crippen molar-refractivity contribution in [2.75, 3.05) is 0 Å². The molecule has 0 spiro atoms. The van der Waals surface area contributed by atoms with Crippen molar-refractivity contribution >= 4 is 0 Å². The standard InChI is InChI=1S/C8H12N2.C6H9N3/c1-5-6(2)10-8(4)7(3)9-5;1-4-7-5(2)9-6(3)8-4/h1-4H3;1-3H3. The smallest absolute Gasteiger partial charge is 0.129 e. The molecule has 0 saturated carbocycles. The summed E-state index contributed by atoms with van der Waals surface area (Å²) in [5.74, 6) is 2.38. The molecule has 0 aliphatic heterocycles. The highest BCUT2D eigenvalue weighted by Crippen LogP contribution is 2.04. The van der Waals surface area contributed by atoms with Crippen LogP contribution in [0.2, 0.25) is 0 Å². The third kappa shape index (κ3) is 4.69. The summed E-state index contributed by atoms with van der Waals surface area (Å²) >= 11 is 0. The Labute approximate surface area is 114 Å². The molecule has 0 saturated heterocycles. The van der Waals surface area contributed by atoms with Crippen LogP contribution in [0.5, 0.6) is 0 Å². The molecule has 0 N–H and O–H groups in total. The maximum absolute atomic E-state index is 4.31. The van der Waals surface area contributed by atoms with Gasteiger partial charge in [0.05, 0.1) is 22.8 Å². The van der Waals surface area contributed by atoms with Crippen molar-refractivity contribution < 1.29 is 0 Å². The van der Waals surface area contributed by atoms with E-state index in [0.717, 1.165) is 40.2 Å². The molecular formula is C14H21N5. The average Bonchev–Trinajstić information content (AvgIpc) is 2.25. The number of aryl methyl sites for hydroxylation is 7. The van der Waals surface area contributed by atoms with Gasteiger partial charge in [0.2, 0.25) is 0 Å². The number of rotatable bonds is 0. The van der Waals surface area contributed by atoms with E-state index in [1.165, 1.54) is 0 Å². The van der Waals surface area contributed by atoms with Gasteiger partial charge in [-0.05, 0) is 48.5 Å².